The second-order valence-corrected chi connectivity index (χ2v) is 15.6. The van der Waals surface area contributed by atoms with Crippen LogP contribution in [0.2, 0.25) is 0 Å². The van der Waals surface area contributed by atoms with Gasteiger partial charge >= 0.3 is 0 Å². The van der Waals surface area contributed by atoms with Crippen LogP contribution >= 0.6 is 0 Å². The molecule has 1 aromatic heterocycles. The molecule has 2 aliphatic carbocycles. The van der Waals surface area contributed by atoms with E-state index in [9.17, 15) is 0 Å². The third-order valence-corrected chi connectivity index (χ3v) is 12.4. The van der Waals surface area contributed by atoms with Crippen LogP contribution in [0.4, 0.5) is 0 Å². The molecule has 11 rings (SSSR count). The van der Waals surface area contributed by atoms with Gasteiger partial charge in [-0.25, -0.2) is 0 Å². The van der Waals surface area contributed by atoms with E-state index in [1.165, 1.54) is 99.5 Å². The van der Waals surface area contributed by atoms with Crippen LogP contribution in [-0.2, 0) is 11.8 Å². The Morgan fingerprint density at radius 1 is 0.500 bits per heavy atom. The molecule has 0 fully saturated rings. The van der Waals surface area contributed by atoms with E-state index in [1.54, 1.807) is 0 Å². The molecule has 1 unspecified atom stereocenters. The third kappa shape index (κ3) is 4.51. The SMILES string of the molecule is CC1(C)c2ccccc2-c2c3c(n(-c4ccccc4)c2-c2ccccc21)C=CC(c1cccc(-c2ccc4c5ccccc5c5ccccc5c4c2)c1)C3. The number of hydrogen-bond donors (Lipinski definition) is 0. The van der Waals surface area contributed by atoms with Crippen molar-refractivity contribution in [3.8, 4) is 39.2 Å². The van der Waals surface area contributed by atoms with E-state index in [-0.39, 0.29) is 11.3 Å². The zero-order valence-electron chi connectivity index (χ0n) is 30.6. The molecule has 2 aliphatic rings. The van der Waals surface area contributed by atoms with Crippen molar-refractivity contribution in [2.45, 2.75) is 31.6 Å². The van der Waals surface area contributed by atoms with Gasteiger partial charge in [0, 0.05) is 33.8 Å². The van der Waals surface area contributed by atoms with Crippen LogP contribution in [0.3, 0.4) is 0 Å². The summed E-state index contributed by atoms with van der Waals surface area (Å²) in [6.07, 6.45) is 5.78. The van der Waals surface area contributed by atoms with Crippen LogP contribution in [-0.4, -0.2) is 4.57 Å². The lowest BCUT2D eigenvalue weighted by atomic mass is 9.75. The number of aromatic nitrogens is 1. The van der Waals surface area contributed by atoms with Crippen molar-refractivity contribution in [3.63, 3.8) is 0 Å². The fraction of sp³-hybridized carbons (Fsp3) is 0.0943. The average molecular weight is 690 g/mol. The van der Waals surface area contributed by atoms with E-state index in [0.717, 1.165) is 6.42 Å². The van der Waals surface area contributed by atoms with Crippen LogP contribution in [0.1, 0.15) is 47.7 Å². The minimum atomic E-state index is -0.156. The first kappa shape index (κ1) is 31.1. The Kier molecular flexibility index (Phi) is 6.79. The summed E-state index contributed by atoms with van der Waals surface area (Å²) >= 11 is 0. The average Bonchev–Trinajstić information content (AvgIpc) is 3.54. The molecular weight excluding hydrogens is 651 g/mol. The summed E-state index contributed by atoms with van der Waals surface area (Å²) in [7, 11) is 0. The van der Waals surface area contributed by atoms with Gasteiger partial charge in [-0.2, -0.15) is 0 Å². The highest BCUT2D eigenvalue weighted by molar-refractivity contribution is 6.25. The quantitative estimate of drug-likeness (QED) is 0.163. The molecular formula is C53H39N. The van der Waals surface area contributed by atoms with Gasteiger partial charge in [-0.1, -0.05) is 172 Å². The molecule has 0 amide bonds. The molecule has 1 heteroatoms. The fourth-order valence-corrected chi connectivity index (χ4v) is 9.80. The van der Waals surface area contributed by atoms with Crippen LogP contribution in [0.5, 0.6) is 0 Å². The smallest absolute Gasteiger partial charge is 0.0619 e. The van der Waals surface area contributed by atoms with Gasteiger partial charge in [0.2, 0.25) is 0 Å². The predicted octanol–water partition coefficient (Wildman–Crippen LogP) is 13.9. The zero-order valence-corrected chi connectivity index (χ0v) is 30.6. The fourth-order valence-electron chi connectivity index (χ4n) is 9.80. The van der Waals surface area contributed by atoms with Crippen molar-refractivity contribution < 1.29 is 0 Å². The zero-order chi connectivity index (χ0) is 36.0. The van der Waals surface area contributed by atoms with E-state index >= 15 is 0 Å². The third-order valence-electron chi connectivity index (χ3n) is 12.4. The van der Waals surface area contributed by atoms with Gasteiger partial charge in [0.1, 0.15) is 0 Å². The number of rotatable bonds is 3. The second kappa shape index (κ2) is 11.8. The van der Waals surface area contributed by atoms with Crippen LogP contribution in [0.25, 0.3) is 77.6 Å². The Bertz CT molecular complexity index is 2960. The number of hydrogen-bond acceptors (Lipinski definition) is 0. The molecule has 1 atom stereocenters. The molecule has 54 heavy (non-hydrogen) atoms. The highest BCUT2D eigenvalue weighted by Crippen LogP contribution is 2.53. The topological polar surface area (TPSA) is 4.93 Å². The molecule has 0 bridgehead atoms. The van der Waals surface area contributed by atoms with Crippen LogP contribution in [0, 0.1) is 0 Å². The lowest BCUT2D eigenvalue weighted by Crippen LogP contribution is -2.20. The normalized spacial score (nSPS) is 15.4. The van der Waals surface area contributed by atoms with E-state index in [0.29, 0.717) is 0 Å². The van der Waals surface area contributed by atoms with Crippen LogP contribution in [0.15, 0.2) is 176 Å². The minimum absolute atomic E-state index is 0.156. The van der Waals surface area contributed by atoms with Gasteiger partial charge in [-0.05, 0) is 102 Å². The largest absolute Gasteiger partial charge is 0.309 e. The maximum Gasteiger partial charge on any atom is 0.0619 e. The number of para-hydroxylation sites is 1. The summed E-state index contributed by atoms with van der Waals surface area (Å²) in [5.41, 5.74) is 15.7. The molecule has 0 saturated heterocycles. The second-order valence-electron chi connectivity index (χ2n) is 15.6. The van der Waals surface area contributed by atoms with Crippen LogP contribution < -0.4 is 0 Å². The van der Waals surface area contributed by atoms with Gasteiger partial charge in [0.15, 0.2) is 0 Å². The van der Waals surface area contributed by atoms with Crippen molar-refractivity contribution in [3.05, 3.63) is 204 Å². The monoisotopic (exact) mass is 689 g/mol. The van der Waals surface area contributed by atoms with Gasteiger partial charge in [-0.3, -0.25) is 0 Å². The maximum absolute atomic E-state index is 2.54. The molecule has 256 valence electrons. The van der Waals surface area contributed by atoms with Crippen molar-refractivity contribution in [2.24, 2.45) is 0 Å². The number of fused-ring (bicyclic) bond motifs is 13. The Morgan fingerprint density at radius 2 is 1.07 bits per heavy atom. The minimum Gasteiger partial charge on any atom is -0.309 e. The summed E-state index contributed by atoms with van der Waals surface area (Å²) in [4.78, 5) is 0. The molecule has 1 heterocycles. The summed E-state index contributed by atoms with van der Waals surface area (Å²) in [6, 6.07) is 63.2. The van der Waals surface area contributed by atoms with Gasteiger partial charge < -0.3 is 4.57 Å². The molecule has 0 aliphatic heterocycles. The number of allylic oxidation sites excluding steroid dienone is 1. The van der Waals surface area contributed by atoms with Gasteiger partial charge in [-0.15, -0.1) is 0 Å². The number of benzene rings is 8. The molecule has 1 nitrogen and oxygen atoms in total. The summed E-state index contributed by atoms with van der Waals surface area (Å²) < 4.78 is 2.54. The van der Waals surface area contributed by atoms with Crippen molar-refractivity contribution in [1.29, 1.82) is 0 Å². The summed E-state index contributed by atoms with van der Waals surface area (Å²) in [5, 5.41) is 7.85. The summed E-state index contributed by atoms with van der Waals surface area (Å²) in [6.45, 7) is 4.78. The molecule has 8 aromatic carbocycles. The van der Waals surface area contributed by atoms with Crippen molar-refractivity contribution in [1.82, 2.24) is 4.57 Å². The first-order chi connectivity index (χ1) is 26.6. The molecule has 9 aromatic rings. The first-order valence-corrected chi connectivity index (χ1v) is 19.2. The van der Waals surface area contributed by atoms with Gasteiger partial charge in [0.05, 0.1) is 5.69 Å². The Balaban J connectivity index is 1.08. The van der Waals surface area contributed by atoms with E-state index in [2.05, 4.69) is 200 Å². The van der Waals surface area contributed by atoms with Crippen molar-refractivity contribution in [2.75, 3.05) is 0 Å². The van der Waals surface area contributed by atoms with E-state index < -0.39 is 0 Å². The lowest BCUT2D eigenvalue weighted by Gasteiger charge is -2.29. The molecule has 0 saturated carbocycles. The maximum atomic E-state index is 2.54. The molecule has 0 N–H and O–H groups in total. The van der Waals surface area contributed by atoms with E-state index in [1.807, 2.05) is 0 Å². The highest BCUT2D eigenvalue weighted by atomic mass is 15.0. The lowest BCUT2D eigenvalue weighted by molar-refractivity contribution is 0.645. The summed E-state index contributed by atoms with van der Waals surface area (Å²) in [5.74, 6) is 0.247. The molecule has 0 spiro atoms. The highest BCUT2D eigenvalue weighted by Gasteiger charge is 2.38. The Morgan fingerprint density at radius 3 is 1.80 bits per heavy atom. The molecule has 0 radical (unpaired) electrons. The number of nitrogens with zero attached hydrogens (tertiary/aromatic N) is 1. The Hall–Kier alpha value is -6.44. The standard InChI is InChI=1S/C53H39N/c1-53(2)48-25-12-10-23-44(48)51-47-33-37(28-30-50(47)54(38-17-4-3-5-18-38)52(51)45-24-11-13-26-49(45)53)35-16-14-15-34(31-35)36-27-29-43-41-21-7-6-19-39(41)40-20-8-9-22-42(40)46(43)32-36/h3-32,37H,33H2,1-2H3. The Labute approximate surface area is 316 Å². The first-order valence-electron chi connectivity index (χ1n) is 19.2. The van der Waals surface area contributed by atoms with Crippen molar-refractivity contribution >= 4 is 38.4 Å². The predicted molar refractivity (Wildman–Crippen MR) is 229 cm³/mol. The van der Waals surface area contributed by atoms with E-state index in [4.69, 9.17) is 0 Å². The van der Waals surface area contributed by atoms with Gasteiger partial charge in [0.25, 0.3) is 0 Å².